The Bertz CT molecular complexity index is 884. The first kappa shape index (κ1) is 18.8. The summed E-state index contributed by atoms with van der Waals surface area (Å²) in [6.45, 7) is 0. The van der Waals surface area contributed by atoms with Gasteiger partial charge in [0.05, 0.1) is 4.92 Å². The van der Waals surface area contributed by atoms with Crippen molar-refractivity contribution < 1.29 is 19.2 Å². The van der Waals surface area contributed by atoms with Gasteiger partial charge in [-0.05, 0) is 37.5 Å². The van der Waals surface area contributed by atoms with Crippen molar-refractivity contribution in [2.75, 3.05) is 0 Å². The van der Waals surface area contributed by atoms with Gasteiger partial charge in [-0.25, -0.2) is 4.79 Å². The summed E-state index contributed by atoms with van der Waals surface area (Å²) in [5, 5.41) is 13.8. The molecule has 8 heteroatoms. The smallest absolute Gasteiger partial charge is 0.410 e. The average molecular weight is 389 g/mol. The summed E-state index contributed by atoms with van der Waals surface area (Å²) in [5.41, 5.74) is -0.816. The number of rotatable bonds is 4. The molecule has 1 amide bonds. The van der Waals surface area contributed by atoms with Crippen LogP contribution in [0.5, 0.6) is 5.75 Å². The van der Waals surface area contributed by atoms with Crippen molar-refractivity contribution in [2.45, 2.75) is 31.2 Å². The van der Waals surface area contributed by atoms with E-state index in [-0.39, 0.29) is 17.2 Å². The van der Waals surface area contributed by atoms with E-state index >= 15 is 0 Å². The maximum absolute atomic E-state index is 12.8. The van der Waals surface area contributed by atoms with Crippen LogP contribution in [0, 0.1) is 10.1 Å². The van der Waals surface area contributed by atoms with Crippen molar-refractivity contribution in [1.82, 2.24) is 5.32 Å². The van der Waals surface area contributed by atoms with Gasteiger partial charge in [0.15, 0.2) is 5.78 Å². The Morgan fingerprint density at radius 1 is 1.15 bits per heavy atom. The quantitative estimate of drug-likeness (QED) is 0.619. The summed E-state index contributed by atoms with van der Waals surface area (Å²) < 4.78 is 5.22. The number of non-ortho nitro benzene ring substituents is 1. The fourth-order valence-electron chi connectivity index (χ4n) is 3.26. The van der Waals surface area contributed by atoms with E-state index in [0.29, 0.717) is 23.4 Å². The number of carbonyl (C=O) groups excluding carboxylic acids is 2. The summed E-state index contributed by atoms with van der Waals surface area (Å²) in [4.78, 5) is 35.4. The van der Waals surface area contributed by atoms with Gasteiger partial charge in [-0.1, -0.05) is 29.8 Å². The number of ether oxygens (including phenoxy) is 1. The van der Waals surface area contributed by atoms with Gasteiger partial charge in [0.1, 0.15) is 11.3 Å². The first-order valence-electron chi connectivity index (χ1n) is 8.45. The van der Waals surface area contributed by atoms with Crippen LogP contribution in [0.3, 0.4) is 0 Å². The lowest BCUT2D eigenvalue weighted by Crippen LogP contribution is -2.54. The number of Topliss-reactive ketones (excluding diaryl/α,β-unsaturated/α-hetero) is 1. The van der Waals surface area contributed by atoms with Gasteiger partial charge >= 0.3 is 6.09 Å². The predicted octanol–water partition coefficient (Wildman–Crippen LogP) is 4.38. The summed E-state index contributed by atoms with van der Waals surface area (Å²) in [6, 6.07) is 12.0. The second kappa shape index (κ2) is 7.75. The van der Waals surface area contributed by atoms with Gasteiger partial charge in [0, 0.05) is 29.1 Å². The van der Waals surface area contributed by atoms with E-state index < -0.39 is 16.6 Å². The van der Waals surface area contributed by atoms with E-state index in [1.54, 1.807) is 24.3 Å². The SMILES string of the molecule is O=C(NC1(c2ccccc2Cl)CCCCC1=O)Oc1ccc([N+](=O)[O-])cc1. The van der Waals surface area contributed by atoms with Gasteiger partial charge in [-0.2, -0.15) is 0 Å². The molecule has 1 aliphatic carbocycles. The molecule has 0 saturated heterocycles. The molecule has 1 saturated carbocycles. The molecule has 2 aromatic rings. The topological polar surface area (TPSA) is 98.5 Å². The second-order valence-corrected chi connectivity index (χ2v) is 6.69. The number of ketones is 1. The van der Waals surface area contributed by atoms with Crippen LogP contribution in [0.2, 0.25) is 5.02 Å². The number of carbonyl (C=O) groups is 2. The maximum Gasteiger partial charge on any atom is 0.413 e. The molecule has 27 heavy (non-hydrogen) atoms. The van der Waals surface area contributed by atoms with Crippen LogP contribution in [0.15, 0.2) is 48.5 Å². The third kappa shape index (κ3) is 3.93. The number of nitrogens with one attached hydrogen (secondary N) is 1. The monoisotopic (exact) mass is 388 g/mol. The highest BCUT2D eigenvalue weighted by molar-refractivity contribution is 6.31. The molecule has 1 N–H and O–H groups in total. The zero-order chi connectivity index (χ0) is 19.4. The lowest BCUT2D eigenvalue weighted by molar-refractivity contribution is -0.384. The molecule has 0 aromatic heterocycles. The molecular weight excluding hydrogens is 372 g/mol. The highest BCUT2D eigenvalue weighted by Crippen LogP contribution is 2.38. The summed E-state index contributed by atoms with van der Waals surface area (Å²) in [6.07, 6.45) is 1.45. The van der Waals surface area contributed by atoms with E-state index in [9.17, 15) is 19.7 Å². The molecule has 0 heterocycles. The average Bonchev–Trinajstić information content (AvgIpc) is 2.64. The highest BCUT2D eigenvalue weighted by Gasteiger charge is 2.44. The zero-order valence-corrected chi connectivity index (χ0v) is 15.1. The minimum Gasteiger partial charge on any atom is -0.410 e. The number of nitrogens with zero attached hydrogens (tertiary/aromatic N) is 1. The Hall–Kier alpha value is -2.93. The van der Waals surface area contributed by atoms with E-state index in [0.717, 1.165) is 12.8 Å². The molecule has 0 radical (unpaired) electrons. The van der Waals surface area contributed by atoms with Crippen molar-refractivity contribution in [1.29, 1.82) is 0 Å². The highest BCUT2D eigenvalue weighted by atomic mass is 35.5. The van der Waals surface area contributed by atoms with Crippen molar-refractivity contribution in [3.05, 3.63) is 69.2 Å². The lowest BCUT2D eigenvalue weighted by atomic mass is 9.75. The van der Waals surface area contributed by atoms with Crippen LogP contribution in [0.25, 0.3) is 0 Å². The Labute approximate surface area is 160 Å². The number of hydrogen-bond acceptors (Lipinski definition) is 5. The van der Waals surface area contributed by atoms with Gasteiger partial charge < -0.3 is 10.1 Å². The van der Waals surface area contributed by atoms with Crippen LogP contribution >= 0.6 is 11.6 Å². The van der Waals surface area contributed by atoms with Crippen LogP contribution in [0.1, 0.15) is 31.2 Å². The van der Waals surface area contributed by atoms with Crippen molar-refractivity contribution in [3.8, 4) is 5.75 Å². The van der Waals surface area contributed by atoms with Crippen LogP contribution in [-0.2, 0) is 10.3 Å². The number of nitro groups is 1. The molecule has 1 aliphatic rings. The normalized spacial score (nSPS) is 19.4. The number of benzene rings is 2. The van der Waals surface area contributed by atoms with Crippen LogP contribution < -0.4 is 10.1 Å². The first-order valence-corrected chi connectivity index (χ1v) is 8.83. The largest absolute Gasteiger partial charge is 0.413 e. The number of amides is 1. The summed E-state index contributed by atoms with van der Waals surface area (Å²) in [7, 11) is 0. The van der Waals surface area contributed by atoms with E-state index in [1.165, 1.54) is 24.3 Å². The summed E-state index contributed by atoms with van der Waals surface area (Å²) >= 11 is 6.29. The Kier molecular flexibility index (Phi) is 5.41. The van der Waals surface area contributed by atoms with Crippen LogP contribution in [-0.4, -0.2) is 16.8 Å². The van der Waals surface area contributed by atoms with Gasteiger partial charge in [0.2, 0.25) is 0 Å². The maximum atomic E-state index is 12.8. The number of hydrogen-bond donors (Lipinski definition) is 1. The minimum atomic E-state index is -1.24. The molecule has 0 bridgehead atoms. The molecule has 1 atom stereocenters. The second-order valence-electron chi connectivity index (χ2n) is 6.28. The summed E-state index contributed by atoms with van der Waals surface area (Å²) in [5.74, 6) is 0.0122. The Morgan fingerprint density at radius 2 is 1.85 bits per heavy atom. The van der Waals surface area contributed by atoms with Gasteiger partial charge in [-0.15, -0.1) is 0 Å². The third-order valence-corrected chi connectivity index (χ3v) is 4.92. The molecule has 2 aromatic carbocycles. The Balaban J connectivity index is 1.84. The third-order valence-electron chi connectivity index (χ3n) is 4.59. The standard InChI is InChI=1S/C19H17ClN2O5/c20-16-6-2-1-5-15(16)19(12-4-3-7-17(19)23)21-18(24)27-14-10-8-13(9-11-14)22(25)26/h1-2,5-6,8-11H,3-4,7,12H2,(H,21,24). The van der Waals surface area contributed by atoms with Crippen molar-refractivity contribution in [3.63, 3.8) is 0 Å². The van der Waals surface area contributed by atoms with Crippen molar-refractivity contribution >= 4 is 29.2 Å². The molecule has 1 unspecified atom stereocenters. The molecule has 0 spiro atoms. The van der Waals surface area contributed by atoms with E-state index in [4.69, 9.17) is 16.3 Å². The zero-order valence-electron chi connectivity index (χ0n) is 14.3. The fraction of sp³-hybridized carbons (Fsp3) is 0.263. The minimum absolute atomic E-state index is 0.113. The predicted molar refractivity (Wildman–Crippen MR) is 98.9 cm³/mol. The molecule has 3 rings (SSSR count). The van der Waals surface area contributed by atoms with Crippen LogP contribution in [0.4, 0.5) is 10.5 Å². The number of nitro benzene ring substituents is 1. The van der Waals surface area contributed by atoms with E-state index in [2.05, 4.69) is 5.32 Å². The van der Waals surface area contributed by atoms with E-state index in [1.807, 2.05) is 0 Å². The first-order chi connectivity index (χ1) is 12.9. The fourth-order valence-corrected chi connectivity index (χ4v) is 3.56. The van der Waals surface area contributed by atoms with Crippen molar-refractivity contribution in [2.24, 2.45) is 0 Å². The Morgan fingerprint density at radius 3 is 2.48 bits per heavy atom. The molecule has 7 nitrogen and oxygen atoms in total. The van der Waals surface area contributed by atoms with Gasteiger partial charge in [0.25, 0.3) is 5.69 Å². The lowest BCUT2D eigenvalue weighted by Gasteiger charge is -2.37. The number of halogens is 1. The van der Waals surface area contributed by atoms with Gasteiger partial charge in [-0.3, -0.25) is 14.9 Å². The molecule has 1 fully saturated rings. The molecular formula is C19H17ClN2O5. The molecule has 0 aliphatic heterocycles. The molecule has 140 valence electrons.